The van der Waals surface area contributed by atoms with Gasteiger partial charge in [-0.25, -0.2) is 0 Å². The fourth-order valence-corrected chi connectivity index (χ4v) is 16.1. The van der Waals surface area contributed by atoms with Crippen molar-refractivity contribution in [1.82, 2.24) is 0 Å². The summed E-state index contributed by atoms with van der Waals surface area (Å²) in [6.07, 6.45) is 24.8. The number of epoxide rings is 1. The van der Waals surface area contributed by atoms with Crippen molar-refractivity contribution < 1.29 is 27.5 Å². The highest BCUT2D eigenvalue weighted by Crippen LogP contribution is 2.42. The summed E-state index contributed by atoms with van der Waals surface area (Å²) >= 11 is 0. The molecule has 1 fully saturated rings. The number of hydrogen-bond acceptors (Lipinski definition) is 6. The second-order valence-electron chi connectivity index (χ2n) is 14.9. The van der Waals surface area contributed by atoms with Gasteiger partial charge in [0.25, 0.3) is 5.97 Å². The molecule has 2 aliphatic rings. The predicted octanol–water partition coefficient (Wildman–Crippen LogP) is 12.7. The Morgan fingerprint density at radius 3 is 1.76 bits per heavy atom. The smallest absolute Gasteiger partial charge is 0.306 e. The van der Waals surface area contributed by atoms with Crippen molar-refractivity contribution >= 4 is 30.9 Å². The number of carbonyl (C=O) groups excluding carboxylic acids is 1. The summed E-state index contributed by atoms with van der Waals surface area (Å²) in [5, 5.41) is 0. The molecule has 3 atom stereocenters. The highest BCUT2D eigenvalue weighted by Gasteiger charge is 2.51. The Balaban J connectivity index is 2.06. The molecule has 0 amide bonds. The third-order valence-corrected chi connectivity index (χ3v) is 25.9. The molecule has 0 aliphatic carbocycles. The molecule has 0 saturated carbocycles. The average molecular weight is 751 g/mol. The highest BCUT2D eigenvalue weighted by atomic mass is 28.4. The molecule has 0 aromatic carbocycles. The number of hydrogen-bond donors (Lipinski definition) is 0. The Kier molecular flexibility index (Phi) is 21.5. The van der Waals surface area contributed by atoms with Crippen molar-refractivity contribution in [2.45, 2.75) is 218 Å². The fourth-order valence-electron chi connectivity index (χ4n) is 7.56. The van der Waals surface area contributed by atoms with E-state index in [1.165, 1.54) is 12.8 Å². The van der Waals surface area contributed by atoms with Gasteiger partial charge in [-0.15, -0.1) is 0 Å². The lowest BCUT2D eigenvalue weighted by atomic mass is 10.1. The van der Waals surface area contributed by atoms with E-state index in [9.17, 15) is 4.79 Å². The molecule has 3 unspecified atom stereocenters. The number of rotatable bonds is 24. The quantitative estimate of drug-likeness (QED) is 0.0244. The molecule has 0 aromatic heterocycles. The monoisotopic (exact) mass is 751 g/mol. The Hall–Kier alpha value is -0.819. The lowest BCUT2D eigenvalue weighted by molar-refractivity contribution is -0.278. The van der Waals surface area contributed by atoms with Gasteiger partial charge in [0.15, 0.2) is 25.0 Å². The van der Waals surface area contributed by atoms with E-state index in [1.54, 1.807) is 0 Å². The van der Waals surface area contributed by atoms with Crippen LogP contribution in [0.2, 0.25) is 54.4 Å². The van der Waals surface area contributed by atoms with E-state index >= 15 is 0 Å². The molecule has 9 heteroatoms. The van der Waals surface area contributed by atoms with Gasteiger partial charge in [-0.05, 0) is 105 Å². The first-order chi connectivity index (χ1) is 24.1. The third kappa shape index (κ3) is 14.9. The van der Waals surface area contributed by atoms with Crippen LogP contribution in [0.3, 0.4) is 0 Å². The number of ether oxygens (including phenoxy) is 2. The first-order valence-electron chi connectivity index (χ1n) is 21.0. The van der Waals surface area contributed by atoms with Gasteiger partial charge in [0.05, 0.1) is 12.2 Å². The zero-order chi connectivity index (χ0) is 36.9. The van der Waals surface area contributed by atoms with Crippen LogP contribution in [-0.4, -0.2) is 55.2 Å². The van der Waals surface area contributed by atoms with E-state index in [0.717, 1.165) is 112 Å². The fraction of sp³-hybridized carbons (Fsp3) is 0.829. The highest BCUT2D eigenvalue weighted by molar-refractivity contribution is 6.76. The second-order valence-corrected chi connectivity index (χ2v) is 29.0. The maximum absolute atomic E-state index is 12.3. The van der Waals surface area contributed by atoms with Gasteiger partial charge >= 0.3 is 5.97 Å². The van der Waals surface area contributed by atoms with Crippen molar-refractivity contribution in [3.8, 4) is 0 Å². The first-order valence-corrected chi connectivity index (χ1v) is 28.6. The summed E-state index contributed by atoms with van der Waals surface area (Å²) in [7, 11) is -6.11. The normalized spacial score (nSPS) is 21.8. The second kappa shape index (κ2) is 23.8. The third-order valence-electron chi connectivity index (χ3n) is 12.1. The number of cyclic esters (lactones) is 1. The summed E-state index contributed by atoms with van der Waals surface area (Å²) in [6.45, 7) is 20.9. The van der Waals surface area contributed by atoms with E-state index in [1.807, 2.05) is 12.2 Å². The maximum Gasteiger partial charge on any atom is 0.306 e. The minimum Gasteiger partial charge on any atom is -0.458 e. The van der Waals surface area contributed by atoms with Crippen molar-refractivity contribution in [2.75, 3.05) is 0 Å². The van der Waals surface area contributed by atoms with Crippen molar-refractivity contribution in [1.29, 1.82) is 0 Å². The summed E-state index contributed by atoms with van der Waals surface area (Å²) < 4.78 is 34.4. The molecular weight excluding hydrogens is 673 g/mol. The number of carbonyl (C=O) groups is 1. The van der Waals surface area contributed by atoms with Gasteiger partial charge in [-0.1, -0.05) is 106 Å². The van der Waals surface area contributed by atoms with Gasteiger partial charge in [-0.2, -0.15) is 0 Å². The zero-order valence-corrected chi connectivity index (χ0v) is 37.0. The molecule has 50 heavy (non-hydrogen) atoms. The minimum absolute atomic E-state index is 0.0797. The maximum atomic E-state index is 12.3. The van der Waals surface area contributed by atoms with Crippen LogP contribution in [-0.2, 0) is 27.5 Å². The minimum atomic E-state index is -2.04. The Bertz CT molecular complexity index is 938. The van der Waals surface area contributed by atoms with Crippen molar-refractivity contribution in [3.05, 3.63) is 36.5 Å². The Labute approximate surface area is 311 Å². The average Bonchev–Trinajstić information content (AvgIpc) is 3.89. The molecule has 2 heterocycles. The van der Waals surface area contributed by atoms with Gasteiger partial charge < -0.3 is 22.8 Å². The molecule has 2 rings (SSSR count). The largest absolute Gasteiger partial charge is 0.458 e. The van der Waals surface area contributed by atoms with Crippen LogP contribution in [0.5, 0.6) is 0 Å². The van der Waals surface area contributed by atoms with Crippen LogP contribution in [0.1, 0.15) is 139 Å². The van der Waals surface area contributed by atoms with Gasteiger partial charge in [-0.3, -0.25) is 4.79 Å². The van der Waals surface area contributed by atoms with Crippen LogP contribution in [0.4, 0.5) is 0 Å². The molecule has 0 aromatic rings. The Morgan fingerprint density at radius 1 is 0.700 bits per heavy atom. The van der Waals surface area contributed by atoms with Crippen LogP contribution < -0.4 is 0 Å². The molecule has 0 bridgehead atoms. The van der Waals surface area contributed by atoms with Crippen LogP contribution in [0.25, 0.3) is 0 Å². The summed E-state index contributed by atoms with van der Waals surface area (Å²) in [4.78, 5) is 12.3. The molecular formula is C41H78O6Si3. The van der Waals surface area contributed by atoms with Crippen LogP contribution in [0, 0.1) is 0 Å². The summed E-state index contributed by atoms with van der Waals surface area (Å²) in [5.74, 6) is -1.00. The van der Waals surface area contributed by atoms with Gasteiger partial charge in [0.2, 0.25) is 0 Å². The van der Waals surface area contributed by atoms with E-state index in [-0.39, 0.29) is 12.1 Å². The molecule has 290 valence electrons. The van der Waals surface area contributed by atoms with Crippen molar-refractivity contribution in [2.24, 2.45) is 0 Å². The van der Waals surface area contributed by atoms with Crippen LogP contribution >= 0.6 is 0 Å². The van der Waals surface area contributed by atoms with Crippen molar-refractivity contribution in [3.63, 3.8) is 0 Å². The topological polar surface area (TPSA) is 66.5 Å². The lowest BCUT2D eigenvalue weighted by Crippen LogP contribution is -2.60. The molecule has 0 N–H and O–H groups in total. The summed E-state index contributed by atoms with van der Waals surface area (Å²) in [5.41, 5.74) is 0. The SMILES string of the molecule is CC[Si](CC)(CC)OC(CCCC1OC1CCC=CC=CC1CC=CCCCCCCC(=O)O1)(O[Si](CC)(CC)CC)O[Si](CC)(CC)CC. The molecule has 1 saturated heterocycles. The first kappa shape index (κ1) is 45.3. The lowest BCUT2D eigenvalue weighted by Gasteiger charge is -2.50. The summed E-state index contributed by atoms with van der Waals surface area (Å²) in [6, 6.07) is 9.80. The standard InChI is InChI=1S/C41H78O6Si3/c1-10-48(11-2,12-3)45-41(46-49(13-4,14-5)15-6,47-50(16-7,17-8)18-9)36-30-34-39-38(44-39)33-28-25-24-27-32-37-31-26-22-20-19-21-23-29-35-40(42)43-37/h22,24-27,32,37-39H,10-21,23,28-31,33-36H2,1-9H3. The van der Waals surface area contributed by atoms with E-state index in [4.69, 9.17) is 22.8 Å². The van der Waals surface area contributed by atoms with Gasteiger partial charge in [0.1, 0.15) is 6.10 Å². The molecule has 0 spiro atoms. The Morgan fingerprint density at radius 2 is 1.22 bits per heavy atom. The molecule has 2 aliphatic heterocycles. The molecule has 0 radical (unpaired) electrons. The van der Waals surface area contributed by atoms with Gasteiger partial charge in [0, 0.05) is 19.3 Å². The molecule has 6 nitrogen and oxygen atoms in total. The van der Waals surface area contributed by atoms with Crippen LogP contribution in [0.15, 0.2) is 36.5 Å². The zero-order valence-electron chi connectivity index (χ0n) is 34.0. The van der Waals surface area contributed by atoms with E-state index in [2.05, 4.69) is 86.6 Å². The number of esters is 1. The van der Waals surface area contributed by atoms with E-state index < -0.39 is 30.9 Å². The number of allylic oxidation sites excluding steroid dienone is 4. The predicted molar refractivity (Wildman–Crippen MR) is 219 cm³/mol. The van der Waals surface area contributed by atoms with E-state index in [0.29, 0.717) is 18.6 Å².